The molecule has 130 valence electrons. The topological polar surface area (TPSA) is 44.4 Å². The van der Waals surface area contributed by atoms with Crippen LogP contribution in [0.4, 0.5) is 0 Å². The number of rotatable bonds is 7. The molecule has 0 unspecified atom stereocenters. The van der Waals surface area contributed by atoms with Crippen molar-refractivity contribution < 1.29 is 4.79 Å². The molecule has 2 N–H and O–H groups in total. The van der Waals surface area contributed by atoms with Crippen LogP contribution >= 0.6 is 35.8 Å². The minimum absolute atomic E-state index is 0. The Morgan fingerprint density at radius 3 is 2.83 bits per heavy atom. The highest BCUT2D eigenvalue weighted by Gasteiger charge is 2.13. The first-order chi connectivity index (χ1) is 10.7. The fourth-order valence-electron chi connectivity index (χ4n) is 2.50. The van der Waals surface area contributed by atoms with Gasteiger partial charge in [-0.1, -0.05) is 18.5 Å². The Hall–Kier alpha value is -0.460. The molecule has 0 atom stereocenters. The van der Waals surface area contributed by atoms with E-state index in [1.807, 2.05) is 12.1 Å². The second-order valence-corrected chi connectivity index (χ2v) is 7.02. The van der Waals surface area contributed by atoms with Crippen LogP contribution in [0.3, 0.4) is 0 Å². The van der Waals surface area contributed by atoms with E-state index in [0.717, 1.165) is 49.8 Å². The monoisotopic (exact) mass is 377 g/mol. The number of nitrogens with one attached hydrogen (secondary N) is 2. The van der Waals surface area contributed by atoms with Crippen molar-refractivity contribution in [3.05, 3.63) is 28.8 Å². The van der Waals surface area contributed by atoms with Crippen molar-refractivity contribution in [2.24, 2.45) is 0 Å². The number of piperazine rings is 1. The Morgan fingerprint density at radius 2 is 2.13 bits per heavy atom. The third-order valence-corrected chi connectivity index (χ3v) is 4.82. The van der Waals surface area contributed by atoms with Crippen molar-refractivity contribution >= 4 is 41.7 Å². The van der Waals surface area contributed by atoms with Crippen LogP contribution in [-0.2, 0) is 0 Å². The van der Waals surface area contributed by atoms with E-state index in [0.29, 0.717) is 17.1 Å². The molecule has 1 aliphatic heterocycles. The van der Waals surface area contributed by atoms with Crippen LogP contribution in [0.2, 0.25) is 5.02 Å². The van der Waals surface area contributed by atoms with E-state index in [1.54, 1.807) is 17.8 Å². The molecule has 0 aliphatic carbocycles. The quantitative estimate of drug-likeness (QED) is 0.566. The van der Waals surface area contributed by atoms with Gasteiger partial charge < -0.3 is 15.5 Å². The van der Waals surface area contributed by atoms with Gasteiger partial charge in [0.2, 0.25) is 0 Å². The Balaban J connectivity index is 0.00000264. The fraction of sp³-hybridized carbons (Fsp3) is 0.562. The summed E-state index contributed by atoms with van der Waals surface area (Å²) in [5.74, 6) is 0.906. The number of nitrogens with zero attached hydrogens (tertiary/aromatic N) is 1. The van der Waals surface area contributed by atoms with Gasteiger partial charge in [0, 0.05) is 42.6 Å². The first-order valence-corrected chi connectivity index (χ1v) is 9.20. The van der Waals surface area contributed by atoms with E-state index < -0.39 is 0 Å². The lowest BCUT2D eigenvalue weighted by molar-refractivity contribution is 0.0948. The molecule has 2 rings (SSSR count). The highest BCUT2D eigenvalue weighted by atomic mass is 35.5. The highest BCUT2D eigenvalue weighted by Crippen LogP contribution is 2.25. The molecule has 7 heteroatoms. The second-order valence-electron chi connectivity index (χ2n) is 5.27. The van der Waals surface area contributed by atoms with E-state index in [1.165, 1.54) is 0 Å². The third-order valence-electron chi connectivity index (χ3n) is 3.63. The molecule has 23 heavy (non-hydrogen) atoms. The van der Waals surface area contributed by atoms with Gasteiger partial charge in [0.15, 0.2) is 0 Å². The molecule has 0 saturated carbocycles. The predicted octanol–water partition coefficient (Wildman–Crippen LogP) is 2.90. The summed E-state index contributed by atoms with van der Waals surface area (Å²) < 4.78 is 0. The van der Waals surface area contributed by atoms with Gasteiger partial charge in [-0.05, 0) is 36.9 Å². The summed E-state index contributed by atoms with van der Waals surface area (Å²) in [4.78, 5) is 15.8. The summed E-state index contributed by atoms with van der Waals surface area (Å²) in [6, 6.07) is 5.51. The standard InChI is InChI=1S/C16H24ClN3OS.ClH/c1-2-22-15-5-4-13(17)12-14(15)16(21)19-6-3-9-20-10-7-18-8-11-20;/h4-5,12,18H,2-3,6-11H2,1H3,(H,19,21);1H. The zero-order chi connectivity index (χ0) is 15.8. The molecular formula is C16H25Cl2N3OS. The summed E-state index contributed by atoms with van der Waals surface area (Å²) >= 11 is 7.69. The van der Waals surface area contributed by atoms with Crippen molar-refractivity contribution in [3.63, 3.8) is 0 Å². The molecule has 1 aromatic rings. The fourth-order valence-corrected chi connectivity index (χ4v) is 3.45. The smallest absolute Gasteiger partial charge is 0.252 e. The van der Waals surface area contributed by atoms with Crippen molar-refractivity contribution in [1.82, 2.24) is 15.5 Å². The number of benzene rings is 1. The molecule has 0 spiro atoms. The van der Waals surface area contributed by atoms with Gasteiger partial charge >= 0.3 is 0 Å². The Morgan fingerprint density at radius 1 is 1.39 bits per heavy atom. The summed E-state index contributed by atoms with van der Waals surface area (Å²) in [6.45, 7) is 8.13. The van der Waals surface area contributed by atoms with E-state index in [4.69, 9.17) is 11.6 Å². The number of hydrogen-bond acceptors (Lipinski definition) is 4. The minimum Gasteiger partial charge on any atom is -0.352 e. The van der Waals surface area contributed by atoms with E-state index >= 15 is 0 Å². The van der Waals surface area contributed by atoms with E-state index in [-0.39, 0.29) is 18.3 Å². The van der Waals surface area contributed by atoms with Crippen molar-refractivity contribution in [3.8, 4) is 0 Å². The molecular weight excluding hydrogens is 353 g/mol. The third kappa shape index (κ3) is 6.89. The van der Waals surface area contributed by atoms with Crippen molar-refractivity contribution in [2.45, 2.75) is 18.2 Å². The molecule has 1 aliphatic rings. The SMILES string of the molecule is CCSc1ccc(Cl)cc1C(=O)NCCCN1CCNCC1.Cl. The van der Waals surface area contributed by atoms with E-state index in [9.17, 15) is 4.79 Å². The summed E-state index contributed by atoms with van der Waals surface area (Å²) in [5, 5.41) is 6.96. The summed E-state index contributed by atoms with van der Waals surface area (Å²) in [6.07, 6.45) is 0.975. The maximum absolute atomic E-state index is 12.3. The molecule has 1 aromatic carbocycles. The Kier molecular flexibility index (Phi) is 9.99. The lowest BCUT2D eigenvalue weighted by Crippen LogP contribution is -2.44. The maximum Gasteiger partial charge on any atom is 0.252 e. The number of halogens is 2. The average Bonchev–Trinajstić information content (AvgIpc) is 2.54. The number of hydrogen-bond donors (Lipinski definition) is 2. The van der Waals surface area contributed by atoms with Crippen LogP contribution in [0.1, 0.15) is 23.7 Å². The highest BCUT2D eigenvalue weighted by molar-refractivity contribution is 7.99. The van der Waals surface area contributed by atoms with Crippen LogP contribution < -0.4 is 10.6 Å². The van der Waals surface area contributed by atoms with Gasteiger partial charge in [-0.25, -0.2) is 0 Å². The normalized spacial score (nSPS) is 15.0. The van der Waals surface area contributed by atoms with Gasteiger partial charge in [0.25, 0.3) is 5.91 Å². The maximum atomic E-state index is 12.3. The van der Waals surface area contributed by atoms with Crippen molar-refractivity contribution in [1.29, 1.82) is 0 Å². The number of thioether (sulfide) groups is 1. The van der Waals surface area contributed by atoms with Crippen LogP contribution in [-0.4, -0.2) is 55.8 Å². The van der Waals surface area contributed by atoms with E-state index in [2.05, 4.69) is 22.5 Å². The Bertz CT molecular complexity index is 496. The predicted molar refractivity (Wildman–Crippen MR) is 101 cm³/mol. The second kappa shape index (κ2) is 11.2. The molecule has 1 fully saturated rings. The molecule has 0 aromatic heterocycles. The first-order valence-electron chi connectivity index (χ1n) is 7.84. The molecule has 0 radical (unpaired) electrons. The van der Waals surface area contributed by atoms with Gasteiger partial charge in [-0.15, -0.1) is 24.2 Å². The summed E-state index contributed by atoms with van der Waals surface area (Å²) in [7, 11) is 0. The van der Waals surface area contributed by atoms with Gasteiger partial charge in [-0.2, -0.15) is 0 Å². The molecule has 1 heterocycles. The van der Waals surface area contributed by atoms with Crippen LogP contribution in [0.25, 0.3) is 0 Å². The van der Waals surface area contributed by atoms with Gasteiger partial charge in [0.1, 0.15) is 0 Å². The molecule has 1 saturated heterocycles. The number of carbonyl (C=O) groups excluding carboxylic acids is 1. The number of amides is 1. The van der Waals surface area contributed by atoms with Crippen molar-refractivity contribution in [2.75, 3.05) is 45.0 Å². The largest absolute Gasteiger partial charge is 0.352 e. The van der Waals surface area contributed by atoms with Crippen LogP contribution in [0.5, 0.6) is 0 Å². The van der Waals surface area contributed by atoms with Crippen LogP contribution in [0.15, 0.2) is 23.1 Å². The zero-order valence-corrected chi connectivity index (χ0v) is 15.8. The molecule has 4 nitrogen and oxygen atoms in total. The van der Waals surface area contributed by atoms with Gasteiger partial charge in [-0.3, -0.25) is 4.79 Å². The molecule has 1 amide bonds. The molecule has 0 bridgehead atoms. The minimum atomic E-state index is -0.0289. The summed E-state index contributed by atoms with van der Waals surface area (Å²) in [5.41, 5.74) is 0.682. The lowest BCUT2D eigenvalue weighted by Gasteiger charge is -2.27. The van der Waals surface area contributed by atoms with Crippen LogP contribution in [0, 0.1) is 0 Å². The van der Waals surface area contributed by atoms with Gasteiger partial charge in [0.05, 0.1) is 5.56 Å². The number of carbonyl (C=O) groups is 1. The Labute approximate surface area is 154 Å². The lowest BCUT2D eigenvalue weighted by atomic mass is 10.2. The first kappa shape index (κ1) is 20.6. The average molecular weight is 378 g/mol. The zero-order valence-electron chi connectivity index (χ0n) is 13.4.